The predicted octanol–water partition coefficient (Wildman–Crippen LogP) is 3.60. The number of nitrogens with one attached hydrogen (secondary N) is 1. The molecular weight excluding hydrogens is 218 g/mol. The SMILES string of the molecule is C=CC1C=CNC1C1C=CC2=CC=CCC2C1C. The molecule has 1 aliphatic heterocycles. The predicted molar refractivity (Wildman–Crippen MR) is 76.9 cm³/mol. The van der Waals surface area contributed by atoms with Gasteiger partial charge in [-0.15, -0.1) is 6.58 Å². The molecule has 1 N–H and O–H groups in total. The Kier molecular flexibility index (Phi) is 2.99. The molecule has 1 nitrogen and oxygen atoms in total. The average molecular weight is 239 g/mol. The van der Waals surface area contributed by atoms with Gasteiger partial charge in [-0.3, -0.25) is 0 Å². The van der Waals surface area contributed by atoms with E-state index in [1.807, 2.05) is 0 Å². The molecule has 0 bridgehead atoms. The third kappa shape index (κ3) is 1.78. The Morgan fingerprint density at radius 1 is 1.39 bits per heavy atom. The summed E-state index contributed by atoms with van der Waals surface area (Å²) in [5.74, 6) is 2.44. The lowest BCUT2D eigenvalue weighted by Gasteiger charge is -2.39. The summed E-state index contributed by atoms with van der Waals surface area (Å²) >= 11 is 0. The Labute approximate surface area is 110 Å². The van der Waals surface area contributed by atoms with Crippen molar-refractivity contribution in [3.8, 4) is 0 Å². The zero-order valence-corrected chi connectivity index (χ0v) is 10.9. The van der Waals surface area contributed by atoms with Gasteiger partial charge in [0.1, 0.15) is 0 Å². The van der Waals surface area contributed by atoms with Crippen LogP contribution in [0.15, 0.2) is 60.9 Å². The van der Waals surface area contributed by atoms with Gasteiger partial charge in [-0.05, 0) is 30.0 Å². The zero-order chi connectivity index (χ0) is 12.5. The molecule has 0 aromatic rings. The van der Waals surface area contributed by atoms with Gasteiger partial charge in [0.05, 0.1) is 0 Å². The number of rotatable bonds is 2. The van der Waals surface area contributed by atoms with Gasteiger partial charge < -0.3 is 5.32 Å². The first-order valence-electron chi connectivity index (χ1n) is 6.91. The van der Waals surface area contributed by atoms with Crippen LogP contribution in [0.25, 0.3) is 0 Å². The van der Waals surface area contributed by atoms with Gasteiger partial charge in [-0.2, -0.15) is 0 Å². The van der Waals surface area contributed by atoms with Crippen molar-refractivity contribution in [2.75, 3.05) is 0 Å². The van der Waals surface area contributed by atoms with Crippen molar-refractivity contribution in [2.45, 2.75) is 19.4 Å². The van der Waals surface area contributed by atoms with Gasteiger partial charge in [0.15, 0.2) is 0 Å². The molecule has 0 saturated heterocycles. The van der Waals surface area contributed by atoms with E-state index >= 15 is 0 Å². The minimum atomic E-state index is 0.465. The summed E-state index contributed by atoms with van der Waals surface area (Å²) in [7, 11) is 0. The van der Waals surface area contributed by atoms with Gasteiger partial charge >= 0.3 is 0 Å². The Bertz CT molecular complexity index is 452. The summed E-state index contributed by atoms with van der Waals surface area (Å²) in [6.07, 6.45) is 19.0. The highest BCUT2D eigenvalue weighted by Gasteiger charge is 2.37. The van der Waals surface area contributed by atoms with Crippen molar-refractivity contribution in [3.63, 3.8) is 0 Å². The third-order valence-corrected chi connectivity index (χ3v) is 4.70. The second-order valence-corrected chi connectivity index (χ2v) is 5.60. The van der Waals surface area contributed by atoms with Crippen LogP contribution in [0.3, 0.4) is 0 Å². The van der Waals surface area contributed by atoms with Crippen LogP contribution in [0.2, 0.25) is 0 Å². The van der Waals surface area contributed by atoms with E-state index in [0.29, 0.717) is 29.7 Å². The molecule has 0 aromatic heterocycles. The van der Waals surface area contributed by atoms with Crippen LogP contribution in [-0.2, 0) is 0 Å². The fourth-order valence-electron chi connectivity index (χ4n) is 3.58. The van der Waals surface area contributed by atoms with Gasteiger partial charge in [-0.1, -0.05) is 49.5 Å². The highest BCUT2D eigenvalue weighted by atomic mass is 14.9. The first-order chi connectivity index (χ1) is 8.81. The average Bonchev–Trinajstić information content (AvgIpc) is 2.88. The summed E-state index contributed by atoms with van der Waals surface area (Å²) in [4.78, 5) is 0. The standard InChI is InChI=1S/C17H21N/c1-3-13-10-11-18-17(13)16-9-8-14-6-4-5-7-15(14)12(16)2/h3-6,8-13,15-18H,1,7H2,2H3. The number of fused-ring (bicyclic) bond motifs is 1. The molecule has 0 spiro atoms. The first kappa shape index (κ1) is 11.6. The molecule has 0 saturated carbocycles. The lowest BCUT2D eigenvalue weighted by atomic mass is 9.68. The van der Waals surface area contributed by atoms with Gasteiger partial charge in [0.2, 0.25) is 0 Å². The quantitative estimate of drug-likeness (QED) is 0.726. The van der Waals surface area contributed by atoms with E-state index in [2.05, 4.69) is 67.6 Å². The van der Waals surface area contributed by atoms with Crippen molar-refractivity contribution >= 4 is 0 Å². The van der Waals surface area contributed by atoms with Gasteiger partial charge in [0.25, 0.3) is 0 Å². The molecule has 0 radical (unpaired) electrons. The zero-order valence-electron chi connectivity index (χ0n) is 10.9. The summed E-state index contributed by atoms with van der Waals surface area (Å²) in [5.41, 5.74) is 1.50. The Balaban J connectivity index is 1.85. The molecule has 3 aliphatic rings. The Hall–Kier alpha value is -1.50. The van der Waals surface area contributed by atoms with E-state index in [0.717, 1.165) is 0 Å². The summed E-state index contributed by atoms with van der Waals surface area (Å²) in [5, 5.41) is 3.51. The second kappa shape index (κ2) is 4.64. The number of hydrogen-bond acceptors (Lipinski definition) is 1. The summed E-state index contributed by atoms with van der Waals surface area (Å²) in [6.45, 7) is 6.35. The van der Waals surface area contributed by atoms with Gasteiger partial charge in [0, 0.05) is 17.9 Å². The fraction of sp³-hybridized carbons (Fsp3) is 0.412. The molecule has 5 atom stereocenters. The highest BCUT2D eigenvalue weighted by Crippen LogP contribution is 2.41. The lowest BCUT2D eigenvalue weighted by Crippen LogP contribution is -2.41. The maximum Gasteiger partial charge on any atom is 0.0419 e. The third-order valence-electron chi connectivity index (χ3n) is 4.70. The molecule has 2 aliphatic carbocycles. The molecule has 0 amide bonds. The molecule has 94 valence electrons. The van der Waals surface area contributed by atoms with E-state index in [1.165, 1.54) is 12.0 Å². The van der Waals surface area contributed by atoms with Crippen LogP contribution < -0.4 is 5.32 Å². The smallest absolute Gasteiger partial charge is 0.0419 e. The molecule has 3 rings (SSSR count). The summed E-state index contributed by atoms with van der Waals surface area (Å²) < 4.78 is 0. The van der Waals surface area contributed by atoms with Crippen LogP contribution >= 0.6 is 0 Å². The maximum atomic E-state index is 3.96. The first-order valence-corrected chi connectivity index (χ1v) is 6.91. The van der Waals surface area contributed by atoms with E-state index in [-0.39, 0.29) is 0 Å². The number of hydrogen-bond donors (Lipinski definition) is 1. The molecule has 0 aromatic carbocycles. The number of allylic oxidation sites excluding steroid dienone is 5. The largest absolute Gasteiger partial charge is 0.387 e. The summed E-state index contributed by atoms with van der Waals surface area (Å²) in [6, 6.07) is 0.487. The molecule has 0 fully saturated rings. The van der Waals surface area contributed by atoms with Crippen LogP contribution in [-0.4, -0.2) is 6.04 Å². The molecular formula is C17H21N. The Morgan fingerprint density at radius 3 is 3.11 bits per heavy atom. The van der Waals surface area contributed by atoms with Crippen LogP contribution in [0.5, 0.6) is 0 Å². The van der Waals surface area contributed by atoms with Crippen LogP contribution in [0.1, 0.15) is 13.3 Å². The van der Waals surface area contributed by atoms with E-state index in [1.54, 1.807) is 0 Å². The molecule has 18 heavy (non-hydrogen) atoms. The van der Waals surface area contributed by atoms with Crippen molar-refractivity contribution < 1.29 is 0 Å². The fourth-order valence-corrected chi connectivity index (χ4v) is 3.58. The van der Waals surface area contributed by atoms with Crippen LogP contribution in [0, 0.1) is 23.7 Å². The van der Waals surface area contributed by atoms with Crippen molar-refractivity contribution in [1.29, 1.82) is 0 Å². The Morgan fingerprint density at radius 2 is 2.28 bits per heavy atom. The molecule has 1 heterocycles. The van der Waals surface area contributed by atoms with Crippen LogP contribution in [0.4, 0.5) is 0 Å². The van der Waals surface area contributed by atoms with Gasteiger partial charge in [-0.25, -0.2) is 0 Å². The lowest BCUT2D eigenvalue weighted by molar-refractivity contribution is 0.250. The van der Waals surface area contributed by atoms with Crippen molar-refractivity contribution in [2.24, 2.45) is 23.7 Å². The topological polar surface area (TPSA) is 12.0 Å². The maximum absolute atomic E-state index is 3.96. The highest BCUT2D eigenvalue weighted by molar-refractivity contribution is 5.35. The normalized spacial score (nSPS) is 41.2. The molecule has 5 unspecified atom stereocenters. The minimum Gasteiger partial charge on any atom is -0.387 e. The van der Waals surface area contributed by atoms with E-state index < -0.39 is 0 Å². The monoisotopic (exact) mass is 239 g/mol. The van der Waals surface area contributed by atoms with E-state index in [4.69, 9.17) is 0 Å². The molecule has 1 heteroatoms. The van der Waals surface area contributed by atoms with Crippen molar-refractivity contribution in [3.05, 3.63) is 60.9 Å². The van der Waals surface area contributed by atoms with E-state index in [9.17, 15) is 0 Å². The van der Waals surface area contributed by atoms with Crippen molar-refractivity contribution in [1.82, 2.24) is 5.32 Å². The second-order valence-electron chi connectivity index (χ2n) is 5.60. The minimum absolute atomic E-state index is 0.465.